The van der Waals surface area contributed by atoms with Crippen molar-refractivity contribution in [3.05, 3.63) is 74.8 Å². The Morgan fingerprint density at radius 1 is 1.14 bits per heavy atom. The summed E-state index contributed by atoms with van der Waals surface area (Å²) in [5.74, 6) is 0. The highest BCUT2D eigenvalue weighted by atomic mass is 35.5. The summed E-state index contributed by atoms with van der Waals surface area (Å²) < 4.78 is 23.4. The Labute approximate surface area is 173 Å². The van der Waals surface area contributed by atoms with Gasteiger partial charge in [-0.05, 0) is 24.3 Å². The average Bonchev–Trinajstić information content (AvgIpc) is 2.68. The van der Waals surface area contributed by atoms with Gasteiger partial charge in [0.15, 0.2) is 0 Å². The molecule has 1 N–H and O–H groups in total. The number of nitrogens with one attached hydrogen (secondary N) is 1. The number of halogens is 1. The topological polar surface area (TPSA) is 96.0 Å². The number of benzene rings is 1. The molecule has 0 aliphatic carbocycles. The molecule has 1 aliphatic rings. The molecule has 29 heavy (non-hydrogen) atoms. The van der Waals surface area contributed by atoms with Crippen molar-refractivity contribution < 1.29 is 8.42 Å². The Bertz CT molecular complexity index is 1220. The van der Waals surface area contributed by atoms with E-state index in [1.165, 1.54) is 0 Å². The van der Waals surface area contributed by atoms with Gasteiger partial charge in [-0.25, -0.2) is 13.4 Å². The summed E-state index contributed by atoms with van der Waals surface area (Å²) in [6.07, 6.45) is 1.55. The minimum atomic E-state index is -3.55. The number of H-pyrrole nitrogens is 1. The maximum atomic E-state index is 12.4. The molecule has 0 fully saturated rings. The molecule has 2 aromatic heterocycles. The molecule has 0 bridgehead atoms. The molecule has 1 aliphatic heterocycles. The lowest BCUT2D eigenvalue weighted by molar-refractivity contribution is 0.238. The maximum Gasteiger partial charge on any atom is 0.256 e. The number of aromatic amines is 1. The van der Waals surface area contributed by atoms with Gasteiger partial charge in [0.25, 0.3) is 5.56 Å². The van der Waals surface area contributed by atoms with Crippen LogP contribution in [0.15, 0.2) is 52.4 Å². The lowest BCUT2D eigenvalue weighted by Gasteiger charge is -2.27. The quantitative estimate of drug-likeness (QED) is 0.638. The number of aromatic nitrogens is 3. The van der Waals surface area contributed by atoms with E-state index in [2.05, 4.69) is 14.9 Å². The number of pyridine rings is 1. The molecule has 150 valence electrons. The van der Waals surface area contributed by atoms with Crippen LogP contribution < -0.4 is 5.56 Å². The van der Waals surface area contributed by atoms with Crippen LogP contribution in [-0.4, -0.2) is 41.1 Å². The summed E-state index contributed by atoms with van der Waals surface area (Å²) >= 11 is 5.95. The van der Waals surface area contributed by atoms with E-state index in [-0.39, 0.29) is 5.16 Å². The fourth-order valence-electron chi connectivity index (χ4n) is 3.35. The van der Waals surface area contributed by atoms with Gasteiger partial charge in [-0.1, -0.05) is 29.8 Å². The zero-order valence-electron chi connectivity index (χ0n) is 15.7. The van der Waals surface area contributed by atoms with Gasteiger partial charge in [-0.3, -0.25) is 19.7 Å². The minimum absolute atomic E-state index is 0.271. The molecule has 0 unspecified atom stereocenters. The van der Waals surface area contributed by atoms with Crippen LogP contribution in [0.1, 0.15) is 17.0 Å². The molecule has 9 heteroatoms. The van der Waals surface area contributed by atoms with Crippen LogP contribution in [0.25, 0.3) is 11.3 Å². The van der Waals surface area contributed by atoms with Crippen LogP contribution >= 0.6 is 11.6 Å². The number of rotatable bonds is 4. The van der Waals surface area contributed by atoms with Crippen LogP contribution in [0.3, 0.4) is 0 Å². The highest BCUT2D eigenvalue weighted by molar-refractivity contribution is 7.90. The van der Waals surface area contributed by atoms with Crippen molar-refractivity contribution in [3.63, 3.8) is 0 Å². The van der Waals surface area contributed by atoms with Gasteiger partial charge < -0.3 is 0 Å². The van der Waals surface area contributed by atoms with Crippen LogP contribution in [0.5, 0.6) is 0 Å². The predicted molar refractivity (Wildman–Crippen MR) is 110 cm³/mol. The molecular weight excluding hydrogens is 412 g/mol. The van der Waals surface area contributed by atoms with E-state index in [1.54, 1.807) is 0 Å². The molecule has 0 spiro atoms. The van der Waals surface area contributed by atoms with Crippen molar-refractivity contribution in [2.45, 2.75) is 24.7 Å². The maximum absolute atomic E-state index is 12.4. The van der Waals surface area contributed by atoms with Crippen LogP contribution in [0, 0.1) is 0 Å². The van der Waals surface area contributed by atoms with Crippen LogP contribution in [0.4, 0.5) is 0 Å². The van der Waals surface area contributed by atoms with Crippen molar-refractivity contribution in [1.29, 1.82) is 0 Å². The van der Waals surface area contributed by atoms with Crippen LogP contribution in [-0.2, 0) is 29.3 Å². The lowest BCUT2D eigenvalue weighted by Crippen LogP contribution is -2.36. The Hall–Kier alpha value is -2.55. The SMILES string of the molecule is CS(=O)(=O)c1nc2c(c(=O)[nH]1)CN(Cc1cccc(-c3ccc(Cl)cc3)n1)CC2. The van der Waals surface area contributed by atoms with Crippen molar-refractivity contribution in [1.82, 2.24) is 19.9 Å². The highest BCUT2D eigenvalue weighted by Gasteiger charge is 2.23. The Balaban J connectivity index is 1.55. The third-order valence-electron chi connectivity index (χ3n) is 4.81. The van der Waals surface area contributed by atoms with Gasteiger partial charge >= 0.3 is 0 Å². The first kappa shape index (κ1) is 19.8. The Morgan fingerprint density at radius 3 is 2.62 bits per heavy atom. The van der Waals surface area contributed by atoms with E-state index in [0.717, 1.165) is 23.2 Å². The zero-order valence-corrected chi connectivity index (χ0v) is 17.3. The third-order valence-corrected chi connectivity index (χ3v) is 5.96. The molecule has 7 nitrogen and oxygen atoms in total. The first-order valence-corrected chi connectivity index (χ1v) is 11.3. The summed E-state index contributed by atoms with van der Waals surface area (Å²) in [7, 11) is -3.55. The number of hydrogen-bond acceptors (Lipinski definition) is 6. The summed E-state index contributed by atoms with van der Waals surface area (Å²) in [6, 6.07) is 13.4. The Kier molecular flexibility index (Phi) is 5.24. The lowest BCUT2D eigenvalue weighted by atomic mass is 10.1. The van der Waals surface area contributed by atoms with E-state index in [4.69, 9.17) is 16.6 Å². The molecule has 0 saturated heterocycles. The van der Waals surface area contributed by atoms with Crippen LogP contribution in [0.2, 0.25) is 5.02 Å². The van der Waals surface area contributed by atoms with E-state index in [9.17, 15) is 13.2 Å². The first-order valence-electron chi connectivity index (χ1n) is 9.06. The van der Waals surface area contributed by atoms with E-state index in [0.29, 0.717) is 42.3 Å². The number of hydrogen-bond donors (Lipinski definition) is 1. The predicted octanol–water partition coefficient (Wildman–Crippen LogP) is 2.45. The number of fused-ring (bicyclic) bond motifs is 1. The fourth-order valence-corrected chi connectivity index (χ4v) is 4.03. The minimum Gasteiger partial charge on any atom is -0.297 e. The molecular formula is C20H19ClN4O3S. The van der Waals surface area contributed by atoms with Crippen molar-refractivity contribution >= 4 is 21.4 Å². The molecule has 0 radical (unpaired) electrons. The largest absolute Gasteiger partial charge is 0.297 e. The number of sulfone groups is 1. The molecule has 0 saturated carbocycles. The van der Waals surface area contributed by atoms with Gasteiger partial charge in [-0.2, -0.15) is 0 Å². The molecule has 4 rings (SSSR count). The smallest absolute Gasteiger partial charge is 0.256 e. The second-order valence-electron chi connectivity index (χ2n) is 7.05. The fraction of sp³-hybridized carbons (Fsp3) is 0.250. The monoisotopic (exact) mass is 430 g/mol. The van der Waals surface area contributed by atoms with Gasteiger partial charge in [0.2, 0.25) is 15.0 Å². The molecule has 1 aromatic carbocycles. The van der Waals surface area contributed by atoms with Gasteiger partial charge in [-0.15, -0.1) is 0 Å². The van der Waals surface area contributed by atoms with E-state index >= 15 is 0 Å². The number of nitrogens with zero attached hydrogens (tertiary/aromatic N) is 3. The van der Waals surface area contributed by atoms with E-state index in [1.807, 2.05) is 42.5 Å². The average molecular weight is 431 g/mol. The third kappa shape index (κ3) is 4.39. The normalized spacial score (nSPS) is 14.6. The van der Waals surface area contributed by atoms with Gasteiger partial charge in [0.1, 0.15) is 0 Å². The summed E-state index contributed by atoms with van der Waals surface area (Å²) in [4.78, 5) is 25.8. The second kappa shape index (κ2) is 7.70. The Morgan fingerprint density at radius 2 is 1.90 bits per heavy atom. The highest BCUT2D eigenvalue weighted by Crippen LogP contribution is 2.21. The standard InChI is InChI=1S/C20H19ClN4O3S/c1-29(27,28)20-23-18-9-10-25(12-16(18)19(26)24-20)11-15-3-2-4-17(22-15)13-5-7-14(21)8-6-13/h2-8H,9-12H2,1H3,(H,23,24,26). The first-order chi connectivity index (χ1) is 13.8. The summed E-state index contributed by atoms with van der Waals surface area (Å²) in [5.41, 5.74) is 3.38. The van der Waals surface area contributed by atoms with Crippen molar-refractivity contribution in [2.75, 3.05) is 12.8 Å². The molecule has 0 atom stereocenters. The van der Waals surface area contributed by atoms with Gasteiger partial charge in [0.05, 0.1) is 22.6 Å². The summed E-state index contributed by atoms with van der Waals surface area (Å²) in [6.45, 7) is 1.64. The van der Waals surface area contributed by atoms with Crippen molar-refractivity contribution in [2.24, 2.45) is 0 Å². The molecule has 0 amide bonds. The van der Waals surface area contributed by atoms with E-state index < -0.39 is 15.4 Å². The molecule has 3 heterocycles. The van der Waals surface area contributed by atoms with Crippen molar-refractivity contribution in [3.8, 4) is 11.3 Å². The van der Waals surface area contributed by atoms with Gasteiger partial charge in [0, 0.05) is 42.9 Å². The summed E-state index contributed by atoms with van der Waals surface area (Å²) in [5, 5.41) is 0.404. The molecule has 3 aromatic rings. The zero-order chi connectivity index (χ0) is 20.6. The second-order valence-corrected chi connectivity index (χ2v) is 9.42.